The van der Waals surface area contributed by atoms with E-state index in [1.807, 2.05) is 109 Å². The highest BCUT2D eigenvalue weighted by Crippen LogP contribution is 2.50. The highest BCUT2D eigenvalue weighted by molar-refractivity contribution is 5.89. The normalized spacial score (nSPS) is 12.5. The summed E-state index contributed by atoms with van der Waals surface area (Å²) in [6.07, 6.45) is 0. The molecule has 0 N–H and O–H groups in total. The molecule has 0 atom stereocenters. The molecule has 0 saturated heterocycles. The van der Waals surface area contributed by atoms with E-state index in [9.17, 15) is 9.59 Å². The molecule has 306 valence electrons. The highest BCUT2D eigenvalue weighted by Gasteiger charge is 2.35. The lowest BCUT2D eigenvalue weighted by Gasteiger charge is -2.27. The van der Waals surface area contributed by atoms with Crippen LogP contribution in [0, 0.1) is 0 Å². The zero-order chi connectivity index (χ0) is 43.4. The van der Waals surface area contributed by atoms with E-state index in [1.165, 1.54) is 32.4 Å². The van der Waals surface area contributed by atoms with Crippen LogP contribution < -0.4 is 16.1 Å². The maximum atomic E-state index is 14.6. The molecule has 0 fully saturated rings. The molecule has 0 radical (unpaired) electrons. The molecular formula is C59H43N3O2. The third-order valence-corrected chi connectivity index (χ3v) is 12.8. The predicted molar refractivity (Wildman–Crippen MR) is 264 cm³/mol. The number of anilines is 3. The van der Waals surface area contributed by atoms with E-state index in [0.717, 1.165) is 44.9 Å². The maximum Gasteiger partial charge on any atom is 0.340 e. The molecule has 10 aromatic rings. The van der Waals surface area contributed by atoms with Crippen LogP contribution in [0.5, 0.6) is 0 Å². The zero-order valence-electron chi connectivity index (χ0n) is 35.5. The number of hydrogen-bond acceptors (Lipinski definition) is 3. The van der Waals surface area contributed by atoms with Crippen molar-refractivity contribution >= 4 is 28.0 Å². The number of para-hydroxylation sites is 1. The van der Waals surface area contributed by atoms with Crippen LogP contribution in [0.15, 0.2) is 234 Å². The van der Waals surface area contributed by atoms with Crippen LogP contribution in [0.1, 0.15) is 25.0 Å². The van der Waals surface area contributed by atoms with Crippen molar-refractivity contribution in [1.29, 1.82) is 0 Å². The second kappa shape index (κ2) is 15.6. The Bertz CT molecular complexity index is 3460. The minimum absolute atomic E-state index is 0.0973. The average molecular weight is 826 g/mol. The van der Waals surface area contributed by atoms with Gasteiger partial charge in [0.1, 0.15) is 0 Å². The van der Waals surface area contributed by atoms with Gasteiger partial charge in [-0.1, -0.05) is 166 Å². The molecule has 11 rings (SSSR count). The van der Waals surface area contributed by atoms with Crippen molar-refractivity contribution in [3.63, 3.8) is 0 Å². The molecule has 64 heavy (non-hydrogen) atoms. The molecule has 9 aromatic carbocycles. The smallest absolute Gasteiger partial charge is 0.310 e. The summed E-state index contributed by atoms with van der Waals surface area (Å²) in [5.74, 6) is 0. The van der Waals surface area contributed by atoms with Crippen LogP contribution in [-0.2, 0) is 5.41 Å². The molecule has 0 amide bonds. The van der Waals surface area contributed by atoms with Crippen molar-refractivity contribution in [2.24, 2.45) is 0 Å². The van der Waals surface area contributed by atoms with Gasteiger partial charge in [-0.25, -0.2) is 9.36 Å². The van der Waals surface area contributed by atoms with E-state index in [4.69, 9.17) is 0 Å². The molecule has 1 aliphatic rings. The number of hydrogen-bond donors (Lipinski definition) is 0. The Labute approximate surface area is 372 Å². The molecule has 1 heterocycles. The fourth-order valence-corrected chi connectivity index (χ4v) is 9.51. The van der Waals surface area contributed by atoms with Gasteiger partial charge in [-0.15, -0.1) is 0 Å². The van der Waals surface area contributed by atoms with Crippen molar-refractivity contribution in [2.75, 3.05) is 4.90 Å². The Morgan fingerprint density at radius 3 is 1.44 bits per heavy atom. The van der Waals surface area contributed by atoms with Crippen molar-refractivity contribution < 1.29 is 0 Å². The van der Waals surface area contributed by atoms with Crippen LogP contribution in [-0.4, -0.2) is 9.13 Å². The zero-order valence-corrected chi connectivity index (χ0v) is 35.5. The SMILES string of the molecule is CC1(C)c2ccccc2-c2cc(N(c3ccc(-c4ccccc4)cc3)c3ccc(-c4ccc5c(c4)c(=O)n(-c4ccc(-c6ccccc6)cc4)c(=O)n5-c4ccccc4)cc3)ccc21. The first kappa shape index (κ1) is 38.6. The highest BCUT2D eigenvalue weighted by atomic mass is 16.2. The first-order chi connectivity index (χ1) is 31.3. The van der Waals surface area contributed by atoms with Gasteiger partial charge in [0.2, 0.25) is 0 Å². The first-order valence-electron chi connectivity index (χ1n) is 21.7. The molecule has 0 spiro atoms. The van der Waals surface area contributed by atoms with Gasteiger partial charge in [-0.2, -0.15) is 0 Å². The second-order valence-corrected chi connectivity index (χ2v) is 16.9. The van der Waals surface area contributed by atoms with Crippen LogP contribution in [0.25, 0.3) is 66.8 Å². The summed E-state index contributed by atoms with van der Waals surface area (Å²) in [4.78, 5) is 31.3. The number of rotatable bonds is 8. The Kier molecular flexibility index (Phi) is 9.40. The predicted octanol–water partition coefficient (Wildman–Crippen LogP) is 13.9. The lowest BCUT2D eigenvalue weighted by molar-refractivity contribution is 0.660. The summed E-state index contributed by atoms with van der Waals surface area (Å²) in [5.41, 5.74) is 15.3. The Hall–Kier alpha value is -8.28. The molecule has 0 unspecified atom stereocenters. The summed E-state index contributed by atoms with van der Waals surface area (Å²) in [6, 6.07) is 76.3. The standard InChI is InChI=1S/C59H43N3O2/c1-59(2)54-21-13-12-20-51(54)52-39-50(35-36-55(52)59)60(47-29-22-42(23-30-47)40-14-6-3-7-15-40)48-31-26-44(27-32-48)45-28-37-56-53(38-45)57(63)62(58(64)61(56)46-18-10-5-11-19-46)49-33-24-43(25-34-49)41-16-8-4-9-17-41/h3-39H,1-2H3. The number of benzene rings is 9. The van der Waals surface area contributed by atoms with E-state index in [0.29, 0.717) is 22.3 Å². The lowest BCUT2D eigenvalue weighted by Crippen LogP contribution is -2.38. The molecule has 0 aliphatic heterocycles. The maximum absolute atomic E-state index is 14.6. The first-order valence-corrected chi connectivity index (χ1v) is 21.7. The van der Waals surface area contributed by atoms with E-state index in [2.05, 4.69) is 134 Å². The van der Waals surface area contributed by atoms with Crippen LogP contribution in [0.4, 0.5) is 17.1 Å². The molecule has 1 aliphatic carbocycles. The van der Waals surface area contributed by atoms with E-state index in [1.54, 1.807) is 4.57 Å². The number of nitrogens with zero attached hydrogens (tertiary/aromatic N) is 3. The van der Waals surface area contributed by atoms with Gasteiger partial charge in [0.05, 0.1) is 22.3 Å². The molecule has 0 bridgehead atoms. The van der Waals surface area contributed by atoms with E-state index in [-0.39, 0.29) is 11.0 Å². The summed E-state index contributed by atoms with van der Waals surface area (Å²) in [7, 11) is 0. The van der Waals surface area contributed by atoms with Crippen molar-refractivity contribution in [3.05, 3.63) is 256 Å². The van der Waals surface area contributed by atoms with Crippen LogP contribution >= 0.6 is 0 Å². The van der Waals surface area contributed by atoms with Crippen LogP contribution in [0.2, 0.25) is 0 Å². The monoisotopic (exact) mass is 825 g/mol. The number of aromatic nitrogens is 2. The lowest BCUT2D eigenvalue weighted by atomic mass is 9.82. The van der Waals surface area contributed by atoms with Gasteiger partial charge in [0, 0.05) is 22.5 Å². The summed E-state index contributed by atoms with van der Waals surface area (Å²) >= 11 is 0. The van der Waals surface area contributed by atoms with Gasteiger partial charge in [0.15, 0.2) is 0 Å². The summed E-state index contributed by atoms with van der Waals surface area (Å²) in [6.45, 7) is 4.62. The van der Waals surface area contributed by atoms with Gasteiger partial charge in [0.25, 0.3) is 5.56 Å². The van der Waals surface area contributed by atoms with Crippen molar-refractivity contribution in [2.45, 2.75) is 19.3 Å². The molecule has 5 nitrogen and oxygen atoms in total. The van der Waals surface area contributed by atoms with Crippen molar-refractivity contribution in [3.8, 4) is 55.9 Å². The van der Waals surface area contributed by atoms with Gasteiger partial charge in [-0.05, 0) is 128 Å². The molecule has 1 aromatic heterocycles. The fraction of sp³-hybridized carbons (Fsp3) is 0.0508. The largest absolute Gasteiger partial charge is 0.340 e. The minimum atomic E-state index is -0.427. The second-order valence-electron chi connectivity index (χ2n) is 16.9. The Morgan fingerprint density at radius 2 is 0.828 bits per heavy atom. The quantitative estimate of drug-likeness (QED) is 0.153. The number of fused-ring (bicyclic) bond motifs is 4. The van der Waals surface area contributed by atoms with E-state index >= 15 is 0 Å². The van der Waals surface area contributed by atoms with Gasteiger partial charge < -0.3 is 4.90 Å². The fourth-order valence-electron chi connectivity index (χ4n) is 9.51. The third-order valence-electron chi connectivity index (χ3n) is 12.8. The average Bonchev–Trinajstić information content (AvgIpc) is 3.58. The third kappa shape index (κ3) is 6.57. The summed E-state index contributed by atoms with van der Waals surface area (Å²) in [5, 5.41) is 0.443. The summed E-state index contributed by atoms with van der Waals surface area (Å²) < 4.78 is 2.92. The Balaban J connectivity index is 1.02. The van der Waals surface area contributed by atoms with Gasteiger partial charge in [-0.3, -0.25) is 9.36 Å². The minimum Gasteiger partial charge on any atom is -0.310 e. The Morgan fingerprint density at radius 1 is 0.375 bits per heavy atom. The molecular weight excluding hydrogens is 783 g/mol. The molecule has 5 heteroatoms. The topological polar surface area (TPSA) is 47.2 Å². The van der Waals surface area contributed by atoms with Crippen LogP contribution in [0.3, 0.4) is 0 Å². The molecule has 0 saturated carbocycles. The van der Waals surface area contributed by atoms with Crippen molar-refractivity contribution in [1.82, 2.24) is 9.13 Å². The van der Waals surface area contributed by atoms with E-state index < -0.39 is 5.69 Å². The van der Waals surface area contributed by atoms with Gasteiger partial charge >= 0.3 is 5.69 Å².